The van der Waals surface area contributed by atoms with Crippen LogP contribution in [0.15, 0.2) is 0 Å². The normalized spacial score (nSPS) is 25.9. The van der Waals surface area contributed by atoms with Crippen molar-refractivity contribution in [2.24, 2.45) is 0 Å². The van der Waals surface area contributed by atoms with Gasteiger partial charge < -0.3 is 15.4 Å². The molecule has 2 heterocycles. The molecule has 1 amide bonds. The highest BCUT2D eigenvalue weighted by atomic mass is 32.2. The van der Waals surface area contributed by atoms with Gasteiger partial charge in [0.1, 0.15) is 0 Å². The second-order valence-electron chi connectivity index (χ2n) is 6.26. The number of hydrogen-bond acceptors (Lipinski definition) is 4. The average molecular weight is 300 g/mol. The van der Waals surface area contributed by atoms with Crippen LogP contribution in [0.5, 0.6) is 0 Å². The van der Waals surface area contributed by atoms with Crippen molar-refractivity contribution in [3.8, 4) is 0 Å². The van der Waals surface area contributed by atoms with Crippen LogP contribution >= 0.6 is 11.8 Å². The Morgan fingerprint density at radius 2 is 2.15 bits per heavy atom. The molecule has 0 bridgehead atoms. The molecule has 2 saturated heterocycles. The van der Waals surface area contributed by atoms with Crippen molar-refractivity contribution >= 4 is 17.7 Å². The van der Waals surface area contributed by atoms with Gasteiger partial charge in [-0.1, -0.05) is 0 Å². The zero-order chi connectivity index (χ0) is 14.4. The minimum atomic E-state index is 0.126. The van der Waals surface area contributed by atoms with Gasteiger partial charge in [0.2, 0.25) is 5.91 Å². The SMILES string of the molecule is CC(C)NC(=O)CCNC1CCOC2(CCSCC2)C1. The fourth-order valence-electron chi connectivity index (χ4n) is 3.08. The van der Waals surface area contributed by atoms with Crippen molar-refractivity contribution in [2.45, 2.75) is 63.6 Å². The summed E-state index contributed by atoms with van der Waals surface area (Å²) >= 11 is 2.04. The van der Waals surface area contributed by atoms with Crippen molar-refractivity contribution in [3.63, 3.8) is 0 Å². The molecule has 2 fully saturated rings. The van der Waals surface area contributed by atoms with Crippen LogP contribution in [-0.4, -0.2) is 48.2 Å². The summed E-state index contributed by atoms with van der Waals surface area (Å²) in [5.41, 5.74) is 0.126. The molecule has 0 aliphatic carbocycles. The lowest BCUT2D eigenvalue weighted by Crippen LogP contribution is -2.49. The molecule has 1 unspecified atom stereocenters. The van der Waals surface area contributed by atoms with Crippen molar-refractivity contribution in [1.82, 2.24) is 10.6 Å². The fraction of sp³-hybridized carbons (Fsp3) is 0.933. The molecule has 2 aliphatic rings. The second-order valence-corrected chi connectivity index (χ2v) is 7.48. The topological polar surface area (TPSA) is 50.4 Å². The molecule has 2 aliphatic heterocycles. The highest BCUT2D eigenvalue weighted by Crippen LogP contribution is 2.37. The number of carbonyl (C=O) groups is 1. The molecular weight excluding hydrogens is 272 g/mol. The number of ether oxygens (including phenoxy) is 1. The highest BCUT2D eigenvalue weighted by molar-refractivity contribution is 7.99. The summed E-state index contributed by atoms with van der Waals surface area (Å²) in [6.07, 6.45) is 5.12. The molecule has 2 N–H and O–H groups in total. The van der Waals surface area contributed by atoms with Gasteiger partial charge in [0.15, 0.2) is 0 Å². The predicted octanol–water partition coefficient (Wildman–Crippen LogP) is 1.94. The van der Waals surface area contributed by atoms with Crippen LogP contribution in [0.4, 0.5) is 0 Å². The largest absolute Gasteiger partial charge is 0.375 e. The van der Waals surface area contributed by atoms with Crippen molar-refractivity contribution < 1.29 is 9.53 Å². The molecule has 0 saturated carbocycles. The predicted molar refractivity (Wildman–Crippen MR) is 84.2 cm³/mol. The van der Waals surface area contributed by atoms with E-state index in [4.69, 9.17) is 4.74 Å². The highest BCUT2D eigenvalue weighted by Gasteiger charge is 2.38. The Hall–Kier alpha value is -0.260. The first kappa shape index (κ1) is 16.1. The van der Waals surface area contributed by atoms with E-state index in [1.165, 1.54) is 24.3 Å². The third kappa shape index (κ3) is 4.93. The second kappa shape index (κ2) is 7.66. The summed E-state index contributed by atoms with van der Waals surface area (Å²) in [6, 6.07) is 0.743. The van der Waals surface area contributed by atoms with E-state index < -0.39 is 0 Å². The van der Waals surface area contributed by atoms with Crippen molar-refractivity contribution in [2.75, 3.05) is 24.7 Å². The van der Waals surface area contributed by atoms with Gasteiger partial charge in [-0.25, -0.2) is 0 Å². The number of hydrogen-bond donors (Lipinski definition) is 2. The minimum absolute atomic E-state index is 0.126. The van der Waals surface area contributed by atoms with Crippen LogP contribution in [-0.2, 0) is 9.53 Å². The summed E-state index contributed by atoms with van der Waals surface area (Å²) in [4.78, 5) is 11.6. The van der Waals surface area contributed by atoms with E-state index in [1.54, 1.807) is 0 Å². The van der Waals surface area contributed by atoms with E-state index in [0.717, 1.165) is 26.0 Å². The first-order valence-corrected chi connectivity index (χ1v) is 9.00. The van der Waals surface area contributed by atoms with Gasteiger partial charge in [0.25, 0.3) is 0 Å². The number of nitrogens with one attached hydrogen (secondary N) is 2. The summed E-state index contributed by atoms with van der Waals surface area (Å²) in [5.74, 6) is 2.59. The Labute approximate surface area is 126 Å². The standard InChI is InChI=1S/C15H28N2O2S/c1-12(2)17-14(18)3-7-16-13-4-8-19-15(11-13)5-9-20-10-6-15/h12-13,16H,3-11H2,1-2H3,(H,17,18). The van der Waals surface area contributed by atoms with Crippen LogP contribution in [0.25, 0.3) is 0 Å². The molecule has 5 heteroatoms. The zero-order valence-electron chi connectivity index (χ0n) is 12.7. The lowest BCUT2D eigenvalue weighted by Gasteiger charge is -2.43. The number of rotatable bonds is 5. The Morgan fingerprint density at radius 1 is 1.40 bits per heavy atom. The first-order valence-electron chi connectivity index (χ1n) is 7.84. The van der Waals surface area contributed by atoms with E-state index in [0.29, 0.717) is 12.5 Å². The van der Waals surface area contributed by atoms with E-state index in [2.05, 4.69) is 10.6 Å². The van der Waals surface area contributed by atoms with Crippen LogP contribution < -0.4 is 10.6 Å². The summed E-state index contributed by atoms with van der Waals surface area (Å²) in [7, 11) is 0. The van der Waals surface area contributed by atoms with Gasteiger partial charge >= 0.3 is 0 Å². The Kier molecular flexibility index (Phi) is 6.18. The van der Waals surface area contributed by atoms with Gasteiger partial charge in [-0.2, -0.15) is 11.8 Å². The molecule has 0 aromatic heterocycles. The van der Waals surface area contributed by atoms with Gasteiger partial charge in [-0.15, -0.1) is 0 Å². The lowest BCUT2D eigenvalue weighted by atomic mass is 9.85. The molecule has 0 aromatic rings. The third-order valence-electron chi connectivity index (χ3n) is 4.13. The van der Waals surface area contributed by atoms with Gasteiger partial charge in [-0.05, 0) is 51.0 Å². The minimum Gasteiger partial charge on any atom is -0.375 e. The summed E-state index contributed by atoms with van der Waals surface area (Å²) in [6.45, 7) is 5.62. The smallest absolute Gasteiger partial charge is 0.221 e. The van der Waals surface area contributed by atoms with Gasteiger partial charge in [0.05, 0.1) is 5.60 Å². The Bertz CT molecular complexity index is 311. The number of amides is 1. The molecule has 20 heavy (non-hydrogen) atoms. The molecule has 0 aromatic carbocycles. The maximum absolute atomic E-state index is 11.6. The van der Waals surface area contributed by atoms with Gasteiger partial charge in [-0.3, -0.25) is 4.79 Å². The van der Waals surface area contributed by atoms with Crippen LogP contribution in [0, 0.1) is 0 Å². The van der Waals surface area contributed by atoms with Crippen LogP contribution in [0.1, 0.15) is 46.0 Å². The van der Waals surface area contributed by atoms with Crippen molar-refractivity contribution in [3.05, 3.63) is 0 Å². The molecule has 1 atom stereocenters. The molecular formula is C15H28N2O2S. The number of carbonyl (C=O) groups excluding carboxylic acids is 1. The maximum atomic E-state index is 11.6. The molecule has 0 radical (unpaired) electrons. The molecule has 2 rings (SSSR count). The fourth-order valence-corrected chi connectivity index (χ4v) is 4.31. The zero-order valence-corrected chi connectivity index (χ0v) is 13.6. The third-order valence-corrected chi connectivity index (χ3v) is 5.12. The average Bonchev–Trinajstić information content (AvgIpc) is 2.39. The van der Waals surface area contributed by atoms with E-state index in [9.17, 15) is 4.79 Å². The van der Waals surface area contributed by atoms with Crippen molar-refractivity contribution in [1.29, 1.82) is 0 Å². The summed E-state index contributed by atoms with van der Waals surface area (Å²) < 4.78 is 6.08. The molecule has 1 spiro atoms. The maximum Gasteiger partial charge on any atom is 0.221 e. The van der Waals surface area contributed by atoms with Crippen LogP contribution in [0.3, 0.4) is 0 Å². The van der Waals surface area contributed by atoms with Gasteiger partial charge in [0, 0.05) is 31.7 Å². The van der Waals surface area contributed by atoms with Crippen LogP contribution in [0.2, 0.25) is 0 Å². The van der Waals surface area contributed by atoms with E-state index in [-0.39, 0.29) is 17.6 Å². The lowest BCUT2D eigenvalue weighted by molar-refractivity contribution is -0.121. The molecule has 116 valence electrons. The monoisotopic (exact) mass is 300 g/mol. The van der Waals surface area contributed by atoms with E-state index >= 15 is 0 Å². The Balaban J connectivity index is 1.69. The summed E-state index contributed by atoms with van der Waals surface area (Å²) in [5, 5.41) is 6.48. The number of thioether (sulfide) groups is 1. The molecule has 4 nitrogen and oxygen atoms in total. The quantitative estimate of drug-likeness (QED) is 0.815. The van der Waals surface area contributed by atoms with E-state index in [1.807, 2.05) is 25.6 Å². The Morgan fingerprint density at radius 3 is 2.85 bits per heavy atom. The first-order chi connectivity index (χ1) is 9.60.